The van der Waals surface area contributed by atoms with Gasteiger partial charge in [0.1, 0.15) is 0 Å². The summed E-state index contributed by atoms with van der Waals surface area (Å²) in [5.74, 6) is 0. The lowest BCUT2D eigenvalue weighted by Crippen LogP contribution is -2.53. The Morgan fingerprint density at radius 3 is 2.53 bits per heavy atom. The number of aryl methyl sites for hydroxylation is 1. The third-order valence-electron chi connectivity index (χ3n) is 5.43. The van der Waals surface area contributed by atoms with Crippen molar-refractivity contribution < 1.29 is 0 Å². The molecule has 0 radical (unpaired) electrons. The first-order chi connectivity index (χ1) is 9.18. The summed E-state index contributed by atoms with van der Waals surface area (Å²) < 4.78 is 0. The van der Waals surface area contributed by atoms with Crippen LogP contribution in [0.15, 0.2) is 24.3 Å². The van der Waals surface area contributed by atoms with Crippen LogP contribution in [-0.2, 0) is 5.41 Å². The van der Waals surface area contributed by atoms with E-state index in [1.54, 1.807) is 5.56 Å². The predicted octanol–water partition coefficient (Wildman–Crippen LogP) is 4.20. The molecule has 1 heteroatoms. The molecule has 2 aliphatic rings. The minimum atomic E-state index is 0.423. The van der Waals surface area contributed by atoms with Crippen molar-refractivity contribution in [1.29, 1.82) is 0 Å². The first-order valence-corrected chi connectivity index (χ1v) is 7.96. The van der Waals surface area contributed by atoms with Crippen LogP contribution in [-0.4, -0.2) is 13.1 Å². The van der Waals surface area contributed by atoms with E-state index in [2.05, 4.69) is 43.4 Å². The van der Waals surface area contributed by atoms with Crippen LogP contribution < -0.4 is 5.32 Å². The standard InChI is InChI=1S/C18H27N/c1-3-19-14-18(16-8-6-7-15(2)11-16)12-17(13-18)9-4-5-10-17/h6-8,11,19H,3-5,9-10,12-14H2,1-2H3. The zero-order chi connectivity index (χ0) is 13.3. The second kappa shape index (κ2) is 4.94. The molecular formula is C18H27N. The molecule has 0 saturated heterocycles. The molecule has 0 unspecified atom stereocenters. The maximum Gasteiger partial charge on any atom is 0.00884 e. The molecular weight excluding hydrogens is 230 g/mol. The van der Waals surface area contributed by atoms with E-state index in [1.165, 1.54) is 44.1 Å². The van der Waals surface area contributed by atoms with Gasteiger partial charge in [-0.15, -0.1) is 0 Å². The molecule has 2 fully saturated rings. The van der Waals surface area contributed by atoms with Gasteiger partial charge in [0.25, 0.3) is 0 Å². The Labute approximate surface area is 117 Å². The molecule has 1 N–H and O–H groups in total. The zero-order valence-electron chi connectivity index (χ0n) is 12.5. The van der Waals surface area contributed by atoms with Crippen LogP contribution in [0.25, 0.3) is 0 Å². The van der Waals surface area contributed by atoms with Crippen molar-refractivity contribution in [3.05, 3.63) is 35.4 Å². The average Bonchev–Trinajstić information content (AvgIpc) is 2.84. The molecule has 1 spiro atoms. The molecule has 0 aromatic heterocycles. The van der Waals surface area contributed by atoms with Gasteiger partial charge in [0.15, 0.2) is 0 Å². The molecule has 0 bridgehead atoms. The van der Waals surface area contributed by atoms with Gasteiger partial charge in [-0.2, -0.15) is 0 Å². The van der Waals surface area contributed by atoms with Crippen LogP contribution >= 0.6 is 0 Å². The minimum Gasteiger partial charge on any atom is -0.316 e. The number of likely N-dealkylation sites (N-methyl/N-ethyl adjacent to an activating group) is 1. The summed E-state index contributed by atoms with van der Waals surface area (Å²) in [5.41, 5.74) is 4.11. The second-order valence-electron chi connectivity index (χ2n) is 6.99. The monoisotopic (exact) mass is 257 g/mol. The van der Waals surface area contributed by atoms with E-state index in [0.717, 1.165) is 13.1 Å². The normalized spacial score (nSPS) is 23.5. The molecule has 3 rings (SSSR count). The quantitative estimate of drug-likeness (QED) is 0.852. The van der Waals surface area contributed by atoms with Crippen LogP contribution in [0, 0.1) is 12.3 Å². The summed E-state index contributed by atoms with van der Waals surface area (Å²) >= 11 is 0. The molecule has 2 aliphatic carbocycles. The van der Waals surface area contributed by atoms with E-state index in [0.29, 0.717) is 10.8 Å². The molecule has 0 amide bonds. The van der Waals surface area contributed by atoms with E-state index in [4.69, 9.17) is 0 Å². The number of nitrogens with one attached hydrogen (secondary N) is 1. The fourth-order valence-corrected chi connectivity index (χ4v) is 4.63. The molecule has 0 aliphatic heterocycles. The largest absolute Gasteiger partial charge is 0.316 e. The second-order valence-corrected chi connectivity index (χ2v) is 6.99. The molecule has 2 saturated carbocycles. The zero-order valence-corrected chi connectivity index (χ0v) is 12.5. The fraction of sp³-hybridized carbons (Fsp3) is 0.667. The lowest BCUT2D eigenvalue weighted by atomic mass is 9.49. The molecule has 1 aromatic rings. The first-order valence-electron chi connectivity index (χ1n) is 7.96. The van der Waals surface area contributed by atoms with E-state index in [1.807, 2.05) is 0 Å². The lowest BCUT2D eigenvalue weighted by molar-refractivity contribution is 0.0273. The highest BCUT2D eigenvalue weighted by Crippen LogP contribution is 2.62. The maximum atomic E-state index is 3.62. The van der Waals surface area contributed by atoms with Crippen molar-refractivity contribution in [2.24, 2.45) is 5.41 Å². The highest BCUT2D eigenvalue weighted by atomic mass is 14.9. The van der Waals surface area contributed by atoms with Crippen molar-refractivity contribution >= 4 is 0 Å². The molecule has 0 heterocycles. The Kier molecular flexibility index (Phi) is 3.42. The van der Waals surface area contributed by atoms with Crippen molar-refractivity contribution in [2.45, 2.75) is 57.8 Å². The van der Waals surface area contributed by atoms with Crippen molar-refractivity contribution in [1.82, 2.24) is 5.32 Å². The van der Waals surface area contributed by atoms with Gasteiger partial charge in [0.05, 0.1) is 0 Å². The van der Waals surface area contributed by atoms with Crippen molar-refractivity contribution in [3.63, 3.8) is 0 Å². The predicted molar refractivity (Wildman–Crippen MR) is 81.5 cm³/mol. The van der Waals surface area contributed by atoms with Crippen LogP contribution in [0.3, 0.4) is 0 Å². The Bertz CT molecular complexity index is 435. The Balaban J connectivity index is 1.82. The van der Waals surface area contributed by atoms with Gasteiger partial charge in [-0.1, -0.05) is 49.6 Å². The minimum absolute atomic E-state index is 0.423. The van der Waals surface area contributed by atoms with Crippen molar-refractivity contribution in [2.75, 3.05) is 13.1 Å². The Hall–Kier alpha value is -0.820. The fourth-order valence-electron chi connectivity index (χ4n) is 4.63. The van der Waals surface area contributed by atoms with Gasteiger partial charge < -0.3 is 5.32 Å². The molecule has 1 aromatic carbocycles. The summed E-state index contributed by atoms with van der Waals surface area (Å²) in [6, 6.07) is 9.22. The van der Waals surface area contributed by atoms with Gasteiger partial charge in [0.2, 0.25) is 0 Å². The number of hydrogen-bond donors (Lipinski definition) is 1. The maximum absolute atomic E-state index is 3.62. The van der Waals surface area contributed by atoms with Gasteiger partial charge in [-0.05, 0) is 50.1 Å². The van der Waals surface area contributed by atoms with E-state index < -0.39 is 0 Å². The number of rotatable bonds is 4. The topological polar surface area (TPSA) is 12.0 Å². The van der Waals surface area contributed by atoms with Crippen LogP contribution in [0.5, 0.6) is 0 Å². The molecule has 19 heavy (non-hydrogen) atoms. The molecule has 104 valence electrons. The first kappa shape index (κ1) is 13.2. The van der Waals surface area contributed by atoms with E-state index >= 15 is 0 Å². The summed E-state index contributed by atoms with van der Waals surface area (Å²) in [6.07, 6.45) is 8.71. The Morgan fingerprint density at radius 1 is 1.16 bits per heavy atom. The molecule has 0 atom stereocenters. The summed E-state index contributed by atoms with van der Waals surface area (Å²) in [6.45, 7) is 6.68. The highest BCUT2D eigenvalue weighted by Gasteiger charge is 2.55. The third-order valence-corrected chi connectivity index (χ3v) is 5.43. The smallest absolute Gasteiger partial charge is 0.00884 e. The summed E-state index contributed by atoms with van der Waals surface area (Å²) in [7, 11) is 0. The summed E-state index contributed by atoms with van der Waals surface area (Å²) in [5, 5.41) is 3.62. The van der Waals surface area contributed by atoms with E-state index in [9.17, 15) is 0 Å². The van der Waals surface area contributed by atoms with Gasteiger partial charge in [-0.25, -0.2) is 0 Å². The molecule has 1 nitrogen and oxygen atoms in total. The lowest BCUT2D eigenvalue weighted by Gasteiger charge is -2.56. The van der Waals surface area contributed by atoms with Gasteiger partial charge in [-0.3, -0.25) is 0 Å². The van der Waals surface area contributed by atoms with Crippen molar-refractivity contribution in [3.8, 4) is 0 Å². The van der Waals surface area contributed by atoms with Crippen LogP contribution in [0.4, 0.5) is 0 Å². The van der Waals surface area contributed by atoms with Gasteiger partial charge in [0, 0.05) is 12.0 Å². The van der Waals surface area contributed by atoms with Crippen LogP contribution in [0.2, 0.25) is 0 Å². The van der Waals surface area contributed by atoms with Gasteiger partial charge >= 0.3 is 0 Å². The SMILES string of the molecule is CCNCC1(c2cccc(C)c2)CC2(CCCC2)C1. The third kappa shape index (κ3) is 2.33. The number of benzene rings is 1. The Morgan fingerprint density at radius 2 is 1.89 bits per heavy atom. The number of hydrogen-bond acceptors (Lipinski definition) is 1. The average molecular weight is 257 g/mol. The summed E-state index contributed by atoms with van der Waals surface area (Å²) in [4.78, 5) is 0. The highest BCUT2D eigenvalue weighted by molar-refractivity contribution is 5.34. The van der Waals surface area contributed by atoms with Crippen LogP contribution in [0.1, 0.15) is 56.6 Å². The van der Waals surface area contributed by atoms with E-state index in [-0.39, 0.29) is 0 Å².